The average Bonchev–Trinajstić information content (AvgIpc) is 3.16. The summed E-state index contributed by atoms with van der Waals surface area (Å²) in [5.41, 5.74) is 1.88. The fraction of sp³-hybridized carbons (Fsp3) is 0.478. The third kappa shape index (κ3) is 4.40. The number of rotatable bonds is 5. The molecule has 1 N–H and O–H groups in total. The second-order valence-electron chi connectivity index (χ2n) is 8.32. The van der Waals surface area contributed by atoms with Gasteiger partial charge >= 0.3 is 0 Å². The number of thiophene rings is 1. The van der Waals surface area contributed by atoms with Gasteiger partial charge in [0.15, 0.2) is 0 Å². The Labute approximate surface area is 187 Å². The largest absolute Gasteiger partial charge is 0.312 e. The Morgan fingerprint density at radius 3 is 2.65 bits per heavy atom. The zero-order valence-electron chi connectivity index (χ0n) is 17.7. The number of fused-ring (bicyclic) bond motifs is 1. The third-order valence-electron chi connectivity index (χ3n) is 6.37. The first-order valence-electron chi connectivity index (χ1n) is 10.9. The van der Waals surface area contributed by atoms with E-state index in [1.165, 1.54) is 32.7 Å². The number of carbonyl (C=O) groups is 1. The second-order valence-corrected chi connectivity index (χ2v) is 11.4. The summed E-state index contributed by atoms with van der Waals surface area (Å²) in [6.07, 6.45) is 8.93. The lowest BCUT2D eigenvalue weighted by Gasteiger charge is -2.30. The Morgan fingerprint density at radius 1 is 1.16 bits per heavy atom. The SMILES string of the molecule is CN(C1CCCCC1)S(=O)(=O)c1cccc(C(=O)Nc2sc3c(c2C#N)CCCC3)c1. The van der Waals surface area contributed by atoms with E-state index in [-0.39, 0.29) is 16.5 Å². The summed E-state index contributed by atoms with van der Waals surface area (Å²) in [6, 6.07) is 8.42. The molecule has 1 fully saturated rings. The Kier molecular flexibility index (Phi) is 6.47. The summed E-state index contributed by atoms with van der Waals surface area (Å²) in [6.45, 7) is 0. The van der Waals surface area contributed by atoms with Crippen LogP contribution in [-0.2, 0) is 22.9 Å². The number of sulfonamides is 1. The number of amides is 1. The van der Waals surface area contributed by atoms with Crippen molar-refractivity contribution in [3.05, 3.63) is 45.8 Å². The van der Waals surface area contributed by atoms with Gasteiger partial charge in [-0.15, -0.1) is 11.3 Å². The monoisotopic (exact) mass is 457 g/mol. The fourth-order valence-electron chi connectivity index (χ4n) is 4.55. The third-order valence-corrected chi connectivity index (χ3v) is 9.49. The zero-order chi connectivity index (χ0) is 22.0. The van der Waals surface area contributed by atoms with Crippen LogP contribution in [0.3, 0.4) is 0 Å². The molecule has 0 spiro atoms. The first kappa shape index (κ1) is 22.0. The highest BCUT2D eigenvalue weighted by Crippen LogP contribution is 2.38. The maximum absolute atomic E-state index is 13.2. The molecule has 31 heavy (non-hydrogen) atoms. The quantitative estimate of drug-likeness (QED) is 0.704. The maximum Gasteiger partial charge on any atom is 0.256 e. The minimum atomic E-state index is -3.68. The van der Waals surface area contributed by atoms with Gasteiger partial charge in [0, 0.05) is 23.5 Å². The Balaban J connectivity index is 1.56. The van der Waals surface area contributed by atoms with E-state index >= 15 is 0 Å². The van der Waals surface area contributed by atoms with Gasteiger partial charge in [-0.25, -0.2) is 8.42 Å². The first-order chi connectivity index (χ1) is 14.9. The lowest BCUT2D eigenvalue weighted by atomic mass is 9.96. The highest BCUT2D eigenvalue weighted by atomic mass is 32.2. The van der Waals surface area contributed by atoms with Crippen LogP contribution in [0.4, 0.5) is 5.00 Å². The molecule has 0 unspecified atom stereocenters. The molecular formula is C23H27N3O3S2. The van der Waals surface area contributed by atoms with Gasteiger partial charge in [0.05, 0.1) is 10.5 Å². The molecule has 1 heterocycles. The number of nitriles is 1. The molecule has 0 bridgehead atoms. The summed E-state index contributed by atoms with van der Waals surface area (Å²) < 4.78 is 27.8. The van der Waals surface area contributed by atoms with Gasteiger partial charge in [-0.05, 0) is 62.3 Å². The van der Waals surface area contributed by atoms with E-state index in [0.29, 0.717) is 10.6 Å². The normalized spacial score (nSPS) is 17.2. The van der Waals surface area contributed by atoms with E-state index in [1.54, 1.807) is 19.2 Å². The van der Waals surface area contributed by atoms with E-state index in [9.17, 15) is 18.5 Å². The van der Waals surface area contributed by atoms with Crippen LogP contribution in [0, 0.1) is 11.3 Å². The van der Waals surface area contributed by atoms with Crippen molar-refractivity contribution in [2.75, 3.05) is 12.4 Å². The lowest BCUT2D eigenvalue weighted by molar-refractivity contribution is 0.102. The van der Waals surface area contributed by atoms with Gasteiger partial charge in [0.1, 0.15) is 11.1 Å². The molecule has 1 aromatic carbocycles. The number of nitrogens with zero attached hydrogens (tertiary/aromatic N) is 2. The second kappa shape index (κ2) is 9.11. The number of carbonyl (C=O) groups excluding carboxylic acids is 1. The highest BCUT2D eigenvalue weighted by Gasteiger charge is 2.29. The van der Waals surface area contributed by atoms with E-state index in [4.69, 9.17) is 0 Å². The molecule has 1 aromatic heterocycles. The van der Waals surface area contributed by atoms with Gasteiger partial charge < -0.3 is 5.32 Å². The van der Waals surface area contributed by atoms with E-state index in [1.807, 2.05) is 0 Å². The van der Waals surface area contributed by atoms with E-state index in [2.05, 4.69) is 11.4 Å². The lowest BCUT2D eigenvalue weighted by Crippen LogP contribution is -2.38. The number of benzene rings is 1. The molecule has 0 aliphatic heterocycles. The van der Waals surface area contributed by atoms with Crippen LogP contribution in [0.5, 0.6) is 0 Å². The average molecular weight is 458 g/mol. The Bertz CT molecular complexity index is 1130. The zero-order valence-corrected chi connectivity index (χ0v) is 19.3. The van der Waals surface area contributed by atoms with Crippen molar-refractivity contribution in [1.29, 1.82) is 5.26 Å². The van der Waals surface area contributed by atoms with Crippen LogP contribution < -0.4 is 5.32 Å². The topological polar surface area (TPSA) is 90.3 Å². The Morgan fingerprint density at radius 2 is 1.90 bits per heavy atom. The fourth-order valence-corrected chi connectivity index (χ4v) is 7.25. The molecule has 8 heteroatoms. The molecule has 6 nitrogen and oxygen atoms in total. The van der Waals surface area contributed by atoms with Crippen LogP contribution in [0.1, 0.15) is 71.3 Å². The standard InChI is InChI=1S/C23H27N3O3S2/c1-26(17-9-3-2-4-10-17)31(28,29)18-11-7-8-16(14-18)22(27)25-23-20(15-24)19-12-5-6-13-21(19)30-23/h7-8,11,14,17H,2-6,9-10,12-13H2,1H3,(H,25,27). The van der Waals surface area contributed by atoms with Crippen molar-refractivity contribution in [3.63, 3.8) is 0 Å². The van der Waals surface area contributed by atoms with Crippen LogP contribution in [-0.4, -0.2) is 31.7 Å². The van der Waals surface area contributed by atoms with Crippen molar-refractivity contribution in [2.45, 2.75) is 68.7 Å². The summed E-state index contributed by atoms with van der Waals surface area (Å²) in [7, 11) is -2.05. The predicted molar refractivity (Wildman–Crippen MR) is 122 cm³/mol. The van der Waals surface area contributed by atoms with E-state index < -0.39 is 15.9 Å². The van der Waals surface area contributed by atoms with Gasteiger partial charge in [0.2, 0.25) is 10.0 Å². The highest BCUT2D eigenvalue weighted by molar-refractivity contribution is 7.89. The van der Waals surface area contributed by atoms with Gasteiger partial charge in [-0.2, -0.15) is 9.57 Å². The summed E-state index contributed by atoms with van der Waals surface area (Å²) in [5, 5.41) is 13.0. The molecular weight excluding hydrogens is 430 g/mol. The summed E-state index contributed by atoms with van der Waals surface area (Å²) in [5.74, 6) is -0.396. The summed E-state index contributed by atoms with van der Waals surface area (Å²) in [4.78, 5) is 14.2. The van der Waals surface area contributed by atoms with Crippen molar-refractivity contribution in [1.82, 2.24) is 4.31 Å². The number of nitrogens with one attached hydrogen (secondary N) is 1. The van der Waals surface area contributed by atoms with Crippen molar-refractivity contribution in [3.8, 4) is 6.07 Å². The van der Waals surface area contributed by atoms with Crippen LogP contribution in [0.15, 0.2) is 29.2 Å². The van der Waals surface area contributed by atoms with Gasteiger partial charge in [-0.3, -0.25) is 4.79 Å². The molecule has 2 aliphatic carbocycles. The molecule has 164 valence electrons. The maximum atomic E-state index is 13.2. The molecule has 0 saturated heterocycles. The molecule has 4 rings (SSSR count). The van der Waals surface area contributed by atoms with E-state index in [0.717, 1.165) is 63.4 Å². The van der Waals surface area contributed by atoms with Crippen LogP contribution >= 0.6 is 11.3 Å². The van der Waals surface area contributed by atoms with Crippen LogP contribution in [0.25, 0.3) is 0 Å². The minimum absolute atomic E-state index is 0.00635. The number of hydrogen-bond donors (Lipinski definition) is 1. The number of anilines is 1. The molecule has 0 atom stereocenters. The molecule has 2 aromatic rings. The minimum Gasteiger partial charge on any atom is -0.312 e. The smallest absolute Gasteiger partial charge is 0.256 e. The number of aryl methyl sites for hydroxylation is 1. The van der Waals surface area contributed by atoms with Crippen LogP contribution in [0.2, 0.25) is 0 Å². The predicted octanol–water partition coefficient (Wildman–Crippen LogP) is 4.70. The molecule has 0 radical (unpaired) electrons. The summed E-state index contributed by atoms with van der Waals surface area (Å²) >= 11 is 1.46. The van der Waals surface area contributed by atoms with Crippen molar-refractivity contribution < 1.29 is 13.2 Å². The van der Waals surface area contributed by atoms with Gasteiger partial charge in [0.25, 0.3) is 5.91 Å². The first-order valence-corrected chi connectivity index (χ1v) is 13.1. The molecule has 2 aliphatic rings. The Hall–Kier alpha value is -2.21. The van der Waals surface area contributed by atoms with Crippen molar-refractivity contribution in [2.24, 2.45) is 0 Å². The molecule has 1 amide bonds. The molecule has 1 saturated carbocycles. The van der Waals surface area contributed by atoms with Gasteiger partial charge in [-0.1, -0.05) is 25.3 Å². The van der Waals surface area contributed by atoms with Crippen molar-refractivity contribution >= 4 is 32.3 Å². The number of hydrogen-bond acceptors (Lipinski definition) is 5.